The van der Waals surface area contributed by atoms with E-state index in [9.17, 15) is 4.79 Å². The Morgan fingerprint density at radius 1 is 1.10 bits per heavy atom. The average molecular weight is 272 g/mol. The lowest BCUT2D eigenvalue weighted by molar-refractivity contribution is 0.0969. The van der Waals surface area contributed by atoms with E-state index < -0.39 is 0 Å². The first-order chi connectivity index (χ1) is 9.74. The van der Waals surface area contributed by atoms with E-state index in [1.165, 1.54) is 43.2 Å². The third-order valence-corrected chi connectivity index (χ3v) is 4.77. The zero-order valence-electron chi connectivity index (χ0n) is 13.1. The highest BCUT2D eigenvalue weighted by Gasteiger charge is 2.17. The van der Waals surface area contributed by atoms with E-state index in [0.717, 1.165) is 37.2 Å². The fourth-order valence-electron chi connectivity index (χ4n) is 3.36. The summed E-state index contributed by atoms with van der Waals surface area (Å²) < 4.78 is 0. The van der Waals surface area contributed by atoms with Crippen molar-refractivity contribution in [1.82, 2.24) is 0 Å². The summed E-state index contributed by atoms with van der Waals surface area (Å²) in [4.78, 5) is 12.5. The Kier molecular flexibility index (Phi) is 5.82. The zero-order chi connectivity index (χ0) is 14.4. The fourth-order valence-corrected chi connectivity index (χ4v) is 3.36. The van der Waals surface area contributed by atoms with Crippen molar-refractivity contribution in [1.29, 1.82) is 0 Å². The number of ketones is 1. The molecule has 110 valence electrons. The van der Waals surface area contributed by atoms with Crippen LogP contribution >= 0.6 is 0 Å². The molecule has 0 heterocycles. The first-order valence-corrected chi connectivity index (χ1v) is 8.39. The Morgan fingerprint density at radius 3 is 2.50 bits per heavy atom. The van der Waals surface area contributed by atoms with E-state index in [2.05, 4.69) is 32.0 Å². The molecule has 0 aromatic heterocycles. The van der Waals surface area contributed by atoms with Crippen LogP contribution in [-0.4, -0.2) is 5.78 Å². The van der Waals surface area contributed by atoms with Crippen LogP contribution in [0.25, 0.3) is 0 Å². The molecule has 20 heavy (non-hydrogen) atoms. The molecule has 2 rings (SSSR count). The van der Waals surface area contributed by atoms with Crippen LogP contribution < -0.4 is 0 Å². The number of carbonyl (C=O) groups is 1. The predicted molar refractivity (Wildman–Crippen MR) is 85.3 cm³/mol. The molecule has 1 heteroatoms. The van der Waals surface area contributed by atoms with Gasteiger partial charge in [-0.3, -0.25) is 4.79 Å². The highest BCUT2D eigenvalue weighted by molar-refractivity contribution is 5.97. The minimum absolute atomic E-state index is 0.364. The Labute approximate surface area is 123 Å². The molecule has 0 spiro atoms. The number of hydrogen-bond acceptors (Lipinski definition) is 1. The van der Waals surface area contributed by atoms with E-state index in [1.54, 1.807) is 0 Å². The van der Waals surface area contributed by atoms with E-state index in [4.69, 9.17) is 0 Å². The van der Waals surface area contributed by atoms with Crippen LogP contribution in [0.1, 0.15) is 80.3 Å². The highest BCUT2D eigenvalue weighted by atomic mass is 16.1. The van der Waals surface area contributed by atoms with Gasteiger partial charge < -0.3 is 0 Å². The monoisotopic (exact) mass is 272 g/mol. The molecule has 0 aliphatic heterocycles. The van der Waals surface area contributed by atoms with Crippen molar-refractivity contribution in [2.45, 2.75) is 71.6 Å². The topological polar surface area (TPSA) is 17.1 Å². The molecule has 0 radical (unpaired) electrons. The van der Waals surface area contributed by atoms with E-state index >= 15 is 0 Å². The molecule has 1 aromatic carbocycles. The van der Waals surface area contributed by atoms with Crippen LogP contribution in [0.2, 0.25) is 0 Å². The van der Waals surface area contributed by atoms with Gasteiger partial charge in [-0.25, -0.2) is 0 Å². The lowest BCUT2D eigenvalue weighted by atomic mass is 9.84. The van der Waals surface area contributed by atoms with Crippen LogP contribution in [0.4, 0.5) is 0 Å². The van der Waals surface area contributed by atoms with Gasteiger partial charge in [0.25, 0.3) is 0 Å². The summed E-state index contributed by atoms with van der Waals surface area (Å²) in [6, 6.07) is 6.44. The molecule has 1 aliphatic rings. The van der Waals surface area contributed by atoms with Crippen LogP contribution in [0.5, 0.6) is 0 Å². The molecule has 0 atom stereocenters. The van der Waals surface area contributed by atoms with Crippen LogP contribution in [-0.2, 0) is 12.8 Å². The van der Waals surface area contributed by atoms with Gasteiger partial charge in [-0.15, -0.1) is 0 Å². The molecule has 0 unspecified atom stereocenters. The number of aryl methyl sites for hydroxylation is 2. The van der Waals surface area contributed by atoms with Gasteiger partial charge in [0.2, 0.25) is 0 Å². The molecule has 0 N–H and O–H groups in total. The predicted octanol–water partition coefficient (Wildman–Crippen LogP) is 5.35. The second kappa shape index (κ2) is 7.61. The Balaban J connectivity index is 2.00. The van der Waals surface area contributed by atoms with Gasteiger partial charge in [-0.05, 0) is 42.4 Å². The molecule has 1 aromatic rings. The summed E-state index contributed by atoms with van der Waals surface area (Å²) in [7, 11) is 0. The van der Waals surface area contributed by atoms with E-state index in [1.807, 2.05) is 0 Å². The molecular weight excluding hydrogens is 244 g/mol. The standard InChI is InChI=1S/C19H28O/c1-3-15-10-12-17(4-2)18(14-15)19(20)13-11-16-8-6-5-7-9-16/h10,12,14,16H,3-9,11,13H2,1-2H3. The van der Waals surface area contributed by atoms with E-state index in [-0.39, 0.29) is 0 Å². The number of hydrogen-bond donors (Lipinski definition) is 0. The van der Waals surface area contributed by atoms with Gasteiger partial charge >= 0.3 is 0 Å². The number of carbonyl (C=O) groups excluding carboxylic acids is 1. The lowest BCUT2D eigenvalue weighted by Crippen LogP contribution is -2.10. The lowest BCUT2D eigenvalue weighted by Gasteiger charge is -2.21. The van der Waals surface area contributed by atoms with Crippen molar-refractivity contribution >= 4 is 5.78 Å². The molecule has 1 nitrogen and oxygen atoms in total. The molecular formula is C19H28O. The maximum absolute atomic E-state index is 12.5. The van der Waals surface area contributed by atoms with Gasteiger partial charge in [0, 0.05) is 12.0 Å². The normalized spacial score (nSPS) is 16.3. The summed E-state index contributed by atoms with van der Waals surface area (Å²) in [5.74, 6) is 1.16. The fraction of sp³-hybridized carbons (Fsp3) is 0.632. The quantitative estimate of drug-likeness (QED) is 0.638. The Morgan fingerprint density at radius 2 is 1.85 bits per heavy atom. The second-order valence-electron chi connectivity index (χ2n) is 6.16. The minimum atomic E-state index is 0.364. The van der Waals surface area contributed by atoms with Crippen LogP contribution in [0.3, 0.4) is 0 Å². The van der Waals surface area contributed by atoms with Gasteiger partial charge in [0.1, 0.15) is 0 Å². The van der Waals surface area contributed by atoms with Crippen LogP contribution in [0.15, 0.2) is 18.2 Å². The summed E-state index contributed by atoms with van der Waals surface area (Å²) in [5.41, 5.74) is 3.49. The maximum atomic E-state index is 12.5. The summed E-state index contributed by atoms with van der Waals surface area (Å²) in [6.45, 7) is 4.29. The van der Waals surface area contributed by atoms with E-state index in [0.29, 0.717) is 5.78 Å². The first-order valence-electron chi connectivity index (χ1n) is 8.39. The van der Waals surface area contributed by atoms with Gasteiger partial charge in [-0.2, -0.15) is 0 Å². The van der Waals surface area contributed by atoms with Crippen molar-refractivity contribution in [2.24, 2.45) is 5.92 Å². The van der Waals surface area contributed by atoms with Crippen molar-refractivity contribution < 1.29 is 4.79 Å². The molecule has 0 amide bonds. The van der Waals surface area contributed by atoms with Crippen molar-refractivity contribution in [2.75, 3.05) is 0 Å². The largest absolute Gasteiger partial charge is 0.294 e. The minimum Gasteiger partial charge on any atom is -0.294 e. The van der Waals surface area contributed by atoms with Crippen molar-refractivity contribution in [3.05, 3.63) is 34.9 Å². The smallest absolute Gasteiger partial charge is 0.163 e. The molecule has 1 aliphatic carbocycles. The molecule has 0 saturated heterocycles. The van der Waals surface area contributed by atoms with Gasteiger partial charge in [0.15, 0.2) is 5.78 Å². The summed E-state index contributed by atoms with van der Waals surface area (Å²) in [5, 5.41) is 0. The molecule has 0 bridgehead atoms. The zero-order valence-corrected chi connectivity index (χ0v) is 13.1. The molecule has 1 saturated carbocycles. The maximum Gasteiger partial charge on any atom is 0.163 e. The summed E-state index contributed by atoms with van der Waals surface area (Å²) >= 11 is 0. The highest BCUT2D eigenvalue weighted by Crippen LogP contribution is 2.28. The average Bonchev–Trinajstić information content (AvgIpc) is 2.52. The van der Waals surface area contributed by atoms with Crippen molar-refractivity contribution in [3.8, 4) is 0 Å². The van der Waals surface area contributed by atoms with Gasteiger partial charge in [0.05, 0.1) is 0 Å². The van der Waals surface area contributed by atoms with Crippen LogP contribution in [0, 0.1) is 5.92 Å². The number of rotatable bonds is 6. The third-order valence-electron chi connectivity index (χ3n) is 4.77. The summed E-state index contributed by atoms with van der Waals surface area (Å²) in [6.07, 6.45) is 10.6. The molecule has 1 fully saturated rings. The van der Waals surface area contributed by atoms with Gasteiger partial charge in [-0.1, -0.05) is 58.1 Å². The number of Topliss-reactive ketones (excluding diaryl/α,β-unsaturated/α-hetero) is 1. The van der Waals surface area contributed by atoms with Crippen molar-refractivity contribution in [3.63, 3.8) is 0 Å². The second-order valence-corrected chi connectivity index (χ2v) is 6.16. The first kappa shape index (κ1) is 15.3. The third kappa shape index (κ3) is 3.94. The Hall–Kier alpha value is -1.11. The number of benzene rings is 1. The Bertz CT molecular complexity index is 441. The SMILES string of the molecule is CCc1ccc(CC)c(C(=O)CCC2CCCCC2)c1.